The predicted octanol–water partition coefficient (Wildman–Crippen LogP) is 2.39. The van der Waals surface area contributed by atoms with Gasteiger partial charge in [0.25, 0.3) is 0 Å². The van der Waals surface area contributed by atoms with E-state index >= 15 is 0 Å². The molecule has 2 N–H and O–H groups in total. The topological polar surface area (TPSA) is 55.6 Å². The maximum absolute atomic E-state index is 13.1. The number of hydrogen-bond acceptors (Lipinski definition) is 3. The summed E-state index contributed by atoms with van der Waals surface area (Å²) in [6.45, 7) is 1.38. The number of carbonyl (C=O) groups excluding carboxylic acids is 1. The Morgan fingerprint density at radius 3 is 2.71 bits per heavy atom. The zero-order valence-corrected chi connectivity index (χ0v) is 9.49. The fourth-order valence-electron chi connectivity index (χ4n) is 1.84. The van der Waals surface area contributed by atoms with Crippen LogP contribution in [0.3, 0.4) is 0 Å². The molecule has 5 heteroatoms. The molecule has 1 fully saturated rings. The van der Waals surface area contributed by atoms with Gasteiger partial charge >= 0.3 is 6.09 Å². The molecule has 0 saturated carbocycles. The van der Waals surface area contributed by atoms with Gasteiger partial charge in [-0.15, -0.1) is 0 Å². The average Bonchev–Trinajstić information content (AvgIpc) is 2.36. The van der Waals surface area contributed by atoms with E-state index in [0.29, 0.717) is 13.1 Å². The number of halogens is 1. The number of piperidine rings is 1. The maximum atomic E-state index is 13.1. The van der Waals surface area contributed by atoms with Crippen molar-refractivity contribution in [2.45, 2.75) is 19.3 Å². The quantitative estimate of drug-likeness (QED) is 0.764. The molecular formula is C12H15FN2O2. The third-order valence-corrected chi connectivity index (χ3v) is 2.82. The molecule has 1 aliphatic heterocycles. The first-order chi connectivity index (χ1) is 8.18. The van der Waals surface area contributed by atoms with E-state index < -0.39 is 11.9 Å². The summed E-state index contributed by atoms with van der Waals surface area (Å²) in [6, 6.07) is 4.18. The molecule has 0 unspecified atom stereocenters. The fourth-order valence-corrected chi connectivity index (χ4v) is 1.84. The zero-order valence-electron chi connectivity index (χ0n) is 9.49. The van der Waals surface area contributed by atoms with Crippen LogP contribution in [0.25, 0.3) is 0 Å². The van der Waals surface area contributed by atoms with E-state index in [2.05, 4.69) is 0 Å². The first kappa shape index (κ1) is 11.7. The molecule has 0 spiro atoms. The Hall–Kier alpha value is -1.78. The molecule has 1 saturated heterocycles. The van der Waals surface area contributed by atoms with Gasteiger partial charge in [-0.2, -0.15) is 0 Å². The molecule has 0 aliphatic carbocycles. The van der Waals surface area contributed by atoms with Gasteiger partial charge in [-0.3, -0.25) is 0 Å². The highest BCUT2D eigenvalue weighted by Gasteiger charge is 2.19. The lowest BCUT2D eigenvalue weighted by atomic mass is 10.1. The Morgan fingerprint density at radius 1 is 1.29 bits per heavy atom. The monoisotopic (exact) mass is 238 g/mol. The molecule has 2 rings (SSSR count). The maximum Gasteiger partial charge on any atom is 0.415 e. The summed E-state index contributed by atoms with van der Waals surface area (Å²) in [5, 5.41) is 0. The van der Waals surface area contributed by atoms with E-state index in [-0.39, 0.29) is 11.4 Å². The van der Waals surface area contributed by atoms with E-state index in [9.17, 15) is 9.18 Å². The largest absolute Gasteiger partial charge is 0.415 e. The highest BCUT2D eigenvalue weighted by atomic mass is 19.1. The number of ether oxygens (including phenoxy) is 1. The summed E-state index contributed by atoms with van der Waals surface area (Å²) in [5.74, 6) is -0.491. The molecule has 1 aromatic carbocycles. The average molecular weight is 238 g/mol. The third-order valence-electron chi connectivity index (χ3n) is 2.82. The predicted molar refractivity (Wildman–Crippen MR) is 62.3 cm³/mol. The van der Waals surface area contributed by atoms with Gasteiger partial charge in [0.1, 0.15) is 11.5 Å². The van der Waals surface area contributed by atoms with Crippen molar-refractivity contribution < 1.29 is 13.9 Å². The van der Waals surface area contributed by atoms with Gasteiger partial charge in [-0.1, -0.05) is 6.07 Å². The second-order valence-corrected chi connectivity index (χ2v) is 4.07. The first-order valence-electron chi connectivity index (χ1n) is 5.69. The van der Waals surface area contributed by atoms with Crippen molar-refractivity contribution in [2.24, 2.45) is 0 Å². The lowest BCUT2D eigenvalue weighted by molar-refractivity contribution is 0.142. The normalized spacial score (nSPS) is 15.7. The van der Waals surface area contributed by atoms with Gasteiger partial charge in [0.2, 0.25) is 0 Å². The highest BCUT2D eigenvalue weighted by Crippen LogP contribution is 2.24. The molecule has 92 valence electrons. The van der Waals surface area contributed by atoms with E-state index in [1.165, 1.54) is 18.2 Å². The van der Waals surface area contributed by atoms with Crippen molar-refractivity contribution in [3.63, 3.8) is 0 Å². The van der Waals surface area contributed by atoms with E-state index in [1.54, 1.807) is 4.90 Å². The smallest absolute Gasteiger partial charge is 0.408 e. The minimum absolute atomic E-state index is 0.0839. The summed E-state index contributed by atoms with van der Waals surface area (Å²) < 4.78 is 18.2. The van der Waals surface area contributed by atoms with Crippen LogP contribution in [0.1, 0.15) is 19.3 Å². The molecule has 4 nitrogen and oxygen atoms in total. The number of nitrogens with zero attached hydrogens (tertiary/aromatic N) is 1. The van der Waals surface area contributed by atoms with Crippen LogP contribution in [0.5, 0.6) is 5.75 Å². The number of para-hydroxylation sites is 1. The molecule has 0 bridgehead atoms. The second kappa shape index (κ2) is 5.03. The van der Waals surface area contributed by atoms with E-state index in [0.717, 1.165) is 19.3 Å². The zero-order chi connectivity index (χ0) is 12.3. The van der Waals surface area contributed by atoms with Crippen molar-refractivity contribution in [3.05, 3.63) is 24.0 Å². The standard InChI is InChI=1S/C12H15FN2O2/c13-9-5-4-6-10(11(9)14)17-12(16)15-7-2-1-3-8-15/h4-6H,1-3,7-8,14H2. The number of hydrogen-bond donors (Lipinski definition) is 1. The molecule has 1 heterocycles. The van der Waals surface area contributed by atoms with Crippen LogP contribution in [0.15, 0.2) is 18.2 Å². The summed E-state index contributed by atoms with van der Waals surface area (Å²) in [7, 11) is 0. The Morgan fingerprint density at radius 2 is 2.00 bits per heavy atom. The minimum atomic E-state index is -0.575. The number of nitrogens with two attached hydrogens (primary N) is 1. The SMILES string of the molecule is Nc1c(F)cccc1OC(=O)N1CCCCC1. The summed E-state index contributed by atoms with van der Waals surface area (Å²) in [6.07, 6.45) is 2.63. The van der Waals surface area contributed by atoms with Crippen LogP contribution in [-0.4, -0.2) is 24.1 Å². The summed E-state index contributed by atoms with van der Waals surface area (Å²) in [4.78, 5) is 13.4. The third kappa shape index (κ3) is 2.67. The molecular weight excluding hydrogens is 223 g/mol. The molecule has 0 aromatic heterocycles. The van der Waals surface area contributed by atoms with Gasteiger partial charge < -0.3 is 15.4 Å². The summed E-state index contributed by atoms with van der Waals surface area (Å²) >= 11 is 0. The van der Waals surface area contributed by atoms with E-state index in [1.807, 2.05) is 0 Å². The molecule has 1 aromatic rings. The van der Waals surface area contributed by atoms with Gasteiger partial charge in [0, 0.05) is 13.1 Å². The Kier molecular flexibility index (Phi) is 3.46. The van der Waals surface area contributed by atoms with Crippen molar-refractivity contribution in [2.75, 3.05) is 18.8 Å². The second-order valence-electron chi connectivity index (χ2n) is 4.07. The van der Waals surface area contributed by atoms with Gasteiger partial charge in [-0.25, -0.2) is 9.18 Å². The number of amides is 1. The lowest BCUT2D eigenvalue weighted by Crippen LogP contribution is -2.37. The number of rotatable bonds is 1. The fraction of sp³-hybridized carbons (Fsp3) is 0.417. The molecule has 0 radical (unpaired) electrons. The van der Waals surface area contributed by atoms with Gasteiger partial charge in [0.15, 0.2) is 5.75 Å². The summed E-state index contributed by atoms with van der Waals surface area (Å²) in [5.41, 5.74) is 5.36. The van der Waals surface area contributed by atoms with Crippen LogP contribution >= 0.6 is 0 Å². The lowest BCUT2D eigenvalue weighted by Gasteiger charge is -2.25. The van der Waals surface area contributed by atoms with Gasteiger partial charge in [0.05, 0.1) is 0 Å². The van der Waals surface area contributed by atoms with Crippen LogP contribution in [0.2, 0.25) is 0 Å². The minimum Gasteiger partial charge on any atom is -0.408 e. The highest BCUT2D eigenvalue weighted by molar-refractivity contribution is 5.73. The van der Waals surface area contributed by atoms with Crippen LogP contribution in [-0.2, 0) is 0 Å². The Balaban J connectivity index is 2.04. The van der Waals surface area contributed by atoms with Crippen molar-refractivity contribution in [1.29, 1.82) is 0 Å². The number of likely N-dealkylation sites (tertiary alicyclic amines) is 1. The first-order valence-corrected chi connectivity index (χ1v) is 5.69. The van der Waals surface area contributed by atoms with Crippen molar-refractivity contribution >= 4 is 11.8 Å². The molecule has 17 heavy (non-hydrogen) atoms. The molecule has 0 atom stereocenters. The van der Waals surface area contributed by atoms with Gasteiger partial charge in [-0.05, 0) is 31.4 Å². The number of carbonyl (C=O) groups is 1. The Labute approximate surface area is 99.2 Å². The van der Waals surface area contributed by atoms with Crippen LogP contribution < -0.4 is 10.5 Å². The van der Waals surface area contributed by atoms with Crippen LogP contribution in [0.4, 0.5) is 14.9 Å². The van der Waals surface area contributed by atoms with Crippen LogP contribution in [0, 0.1) is 5.82 Å². The van der Waals surface area contributed by atoms with Crippen molar-refractivity contribution in [1.82, 2.24) is 4.90 Å². The Bertz CT molecular complexity index is 417. The number of anilines is 1. The van der Waals surface area contributed by atoms with E-state index in [4.69, 9.17) is 10.5 Å². The molecule has 1 amide bonds. The number of nitrogen functional groups attached to an aromatic ring is 1. The molecule has 1 aliphatic rings. The van der Waals surface area contributed by atoms with Crippen molar-refractivity contribution in [3.8, 4) is 5.75 Å². The number of benzene rings is 1.